The Morgan fingerprint density at radius 1 is 1.16 bits per heavy atom. The molecule has 0 aliphatic carbocycles. The minimum Gasteiger partial charge on any atom is -0.490 e. The van der Waals surface area contributed by atoms with Crippen molar-refractivity contribution in [3.8, 4) is 17.2 Å². The van der Waals surface area contributed by atoms with Crippen LogP contribution in [-0.2, 0) is 0 Å². The highest BCUT2D eigenvalue weighted by atomic mass is 16.5. The van der Waals surface area contributed by atoms with Gasteiger partial charge in [-0.05, 0) is 39.8 Å². The number of nitrogens with two attached hydrogens (primary N) is 1. The fourth-order valence-corrected chi connectivity index (χ4v) is 1.61. The van der Waals surface area contributed by atoms with Crippen LogP contribution in [0.15, 0.2) is 12.1 Å². The molecule has 106 valence electrons. The highest BCUT2D eigenvalue weighted by Crippen LogP contribution is 2.39. The number of ether oxygens (including phenoxy) is 3. The van der Waals surface area contributed by atoms with Crippen LogP contribution in [0.5, 0.6) is 17.2 Å². The first-order valence-corrected chi connectivity index (χ1v) is 6.39. The minimum atomic E-state index is -0.530. The van der Waals surface area contributed by atoms with Gasteiger partial charge in [0.2, 0.25) is 11.7 Å². The third-order valence-corrected chi connectivity index (χ3v) is 2.26. The van der Waals surface area contributed by atoms with Crippen LogP contribution in [0.2, 0.25) is 0 Å². The summed E-state index contributed by atoms with van der Waals surface area (Å²) in [5.41, 5.74) is 5.65. The SMILES string of the molecule is CCOc1cc(C(N)=O)cc(OC(C)C)c1OCC. The van der Waals surface area contributed by atoms with Crippen molar-refractivity contribution >= 4 is 5.91 Å². The number of carbonyl (C=O) groups is 1. The van der Waals surface area contributed by atoms with Crippen LogP contribution in [0.25, 0.3) is 0 Å². The quantitative estimate of drug-likeness (QED) is 0.823. The number of benzene rings is 1. The summed E-state index contributed by atoms with van der Waals surface area (Å²) in [5, 5.41) is 0. The second-order valence-electron chi connectivity index (χ2n) is 4.20. The molecule has 0 aromatic heterocycles. The van der Waals surface area contributed by atoms with Gasteiger partial charge in [-0.2, -0.15) is 0 Å². The summed E-state index contributed by atoms with van der Waals surface area (Å²) in [4.78, 5) is 11.3. The average molecular weight is 267 g/mol. The third kappa shape index (κ3) is 4.05. The lowest BCUT2D eigenvalue weighted by molar-refractivity contribution is 0.0998. The van der Waals surface area contributed by atoms with E-state index in [1.54, 1.807) is 12.1 Å². The molecule has 0 aliphatic rings. The second-order valence-corrected chi connectivity index (χ2v) is 4.20. The van der Waals surface area contributed by atoms with Gasteiger partial charge >= 0.3 is 0 Å². The number of amides is 1. The number of carbonyl (C=O) groups excluding carboxylic acids is 1. The van der Waals surface area contributed by atoms with E-state index >= 15 is 0 Å². The lowest BCUT2D eigenvalue weighted by atomic mass is 10.1. The Balaban J connectivity index is 3.31. The van der Waals surface area contributed by atoms with Crippen molar-refractivity contribution < 1.29 is 19.0 Å². The number of primary amides is 1. The molecule has 5 heteroatoms. The molecule has 1 rings (SSSR count). The summed E-state index contributed by atoms with van der Waals surface area (Å²) in [7, 11) is 0. The molecule has 0 radical (unpaired) electrons. The molecule has 0 aliphatic heterocycles. The van der Waals surface area contributed by atoms with E-state index in [0.717, 1.165) is 0 Å². The fraction of sp³-hybridized carbons (Fsp3) is 0.500. The average Bonchev–Trinajstić information content (AvgIpc) is 2.32. The predicted molar refractivity (Wildman–Crippen MR) is 73.1 cm³/mol. The Hall–Kier alpha value is -1.91. The molecule has 2 N–H and O–H groups in total. The maximum Gasteiger partial charge on any atom is 0.248 e. The fourth-order valence-electron chi connectivity index (χ4n) is 1.61. The van der Waals surface area contributed by atoms with Gasteiger partial charge in [-0.25, -0.2) is 0 Å². The molecule has 0 heterocycles. The standard InChI is InChI=1S/C14H21NO4/c1-5-17-11-7-10(14(15)16)8-12(19-9(3)4)13(11)18-6-2/h7-9H,5-6H2,1-4H3,(H2,15,16). The maximum atomic E-state index is 11.3. The molecule has 0 bridgehead atoms. The van der Waals surface area contributed by atoms with E-state index in [1.807, 2.05) is 27.7 Å². The normalized spacial score (nSPS) is 10.4. The Bertz CT molecular complexity index is 443. The van der Waals surface area contributed by atoms with Gasteiger partial charge in [0.15, 0.2) is 11.5 Å². The van der Waals surface area contributed by atoms with E-state index in [9.17, 15) is 4.79 Å². The van der Waals surface area contributed by atoms with Crippen molar-refractivity contribution in [2.45, 2.75) is 33.8 Å². The van der Waals surface area contributed by atoms with Crippen molar-refractivity contribution in [1.29, 1.82) is 0 Å². The zero-order chi connectivity index (χ0) is 14.4. The van der Waals surface area contributed by atoms with Crippen molar-refractivity contribution in [1.82, 2.24) is 0 Å². The molecule has 0 unspecified atom stereocenters. The van der Waals surface area contributed by atoms with Crippen molar-refractivity contribution in [2.24, 2.45) is 5.73 Å². The van der Waals surface area contributed by atoms with Crippen LogP contribution in [-0.4, -0.2) is 25.2 Å². The first-order valence-electron chi connectivity index (χ1n) is 6.39. The van der Waals surface area contributed by atoms with Gasteiger partial charge in [0.05, 0.1) is 19.3 Å². The van der Waals surface area contributed by atoms with Crippen LogP contribution in [0.3, 0.4) is 0 Å². The van der Waals surface area contributed by atoms with Crippen LogP contribution in [0.4, 0.5) is 0 Å². The molecular formula is C14H21NO4. The molecular weight excluding hydrogens is 246 g/mol. The second kappa shape index (κ2) is 6.87. The monoisotopic (exact) mass is 267 g/mol. The summed E-state index contributed by atoms with van der Waals surface area (Å²) in [6.45, 7) is 8.46. The van der Waals surface area contributed by atoms with Crippen LogP contribution in [0, 0.1) is 0 Å². The highest BCUT2D eigenvalue weighted by Gasteiger charge is 2.17. The van der Waals surface area contributed by atoms with Gasteiger partial charge in [-0.15, -0.1) is 0 Å². The molecule has 1 aromatic carbocycles. The Kier molecular flexibility index (Phi) is 5.48. The van der Waals surface area contributed by atoms with Gasteiger partial charge in [0.1, 0.15) is 0 Å². The van der Waals surface area contributed by atoms with E-state index < -0.39 is 5.91 Å². The van der Waals surface area contributed by atoms with Crippen molar-refractivity contribution in [3.63, 3.8) is 0 Å². The Morgan fingerprint density at radius 3 is 2.21 bits per heavy atom. The van der Waals surface area contributed by atoms with Gasteiger partial charge in [-0.1, -0.05) is 0 Å². The topological polar surface area (TPSA) is 70.8 Å². The van der Waals surface area contributed by atoms with Crippen LogP contribution < -0.4 is 19.9 Å². The van der Waals surface area contributed by atoms with Gasteiger partial charge in [0, 0.05) is 5.56 Å². The summed E-state index contributed by atoms with van der Waals surface area (Å²) in [6, 6.07) is 3.15. The Morgan fingerprint density at radius 2 is 1.74 bits per heavy atom. The van der Waals surface area contributed by atoms with Gasteiger partial charge in [-0.3, -0.25) is 4.79 Å². The molecule has 0 saturated carbocycles. The van der Waals surface area contributed by atoms with Crippen molar-refractivity contribution in [2.75, 3.05) is 13.2 Å². The zero-order valence-corrected chi connectivity index (χ0v) is 11.9. The largest absolute Gasteiger partial charge is 0.490 e. The summed E-state index contributed by atoms with van der Waals surface area (Å²) < 4.78 is 16.7. The highest BCUT2D eigenvalue weighted by molar-refractivity contribution is 5.94. The van der Waals surface area contributed by atoms with Crippen molar-refractivity contribution in [3.05, 3.63) is 17.7 Å². The molecule has 0 atom stereocenters. The number of hydrogen-bond acceptors (Lipinski definition) is 4. The zero-order valence-electron chi connectivity index (χ0n) is 11.9. The molecule has 0 spiro atoms. The van der Waals surface area contributed by atoms with Gasteiger partial charge in [0.25, 0.3) is 0 Å². The first-order chi connectivity index (χ1) is 8.99. The third-order valence-electron chi connectivity index (χ3n) is 2.26. The predicted octanol–water partition coefficient (Wildman–Crippen LogP) is 2.37. The summed E-state index contributed by atoms with van der Waals surface area (Å²) in [5.74, 6) is 0.911. The maximum absolute atomic E-state index is 11.3. The van der Waals surface area contributed by atoms with E-state index in [-0.39, 0.29) is 6.10 Å². The van der Waals surface area contributed by atoms with Crippen LogP contribution >= 0.6 is 0 Å². The minimum absolute atomic E-state index is 0.0446. The smallest absolute Gasteiger partial charge is 0.248 e. The Labute approximate surface area is 113 Å². The number of hydrogen-bond donors (Lipinski definition) is 1. The first kappa shape index (κ1) is 15.1. The summed E-state index contributed by atoms with van der Waals surface area (Å²) >= 11 is 0. The number of rotatable bonds is 7. The van der Waals surface area contributed by atoms with E-state index in [0.29, 0.717) is 36.0 Å². The molecule has 5 nitrogen and oxygen atoms in total. The molecule has 1 aromatic rings. The molecule has 19 heavy (non-hydrogen) atoms. The molecule has 0 fully saturated rings. The lowest BCUT2D eigenvalue weighted by Crippen LogP contribution is -2.14. The van der Waals surface area contributed by atoms with E-state index in [1.165, 1.54) is 0 Å². The van der Waals surface area contributed by atoms with E-state index in [4.69, 9.17) is 19.9 Å². The van der Waals surface area contributed by atoms with Gasteiger partial charge < -0.3 is 19.9 Å². The van der Waals surface area contributed by atoms with Crippen LogP contribution in [0.1, 0.15) is 38.1 Å². The molecule has 0 saturated heterocycles. The van der Waals surface area contributed by atoms with E-state index in [2.05, 4.69) is 0 Å². The lowest BCUT2D eigenvalue weighted by Gasteiger charge is -2.18. The summed E-state index contributed by atoms with van der Waals surface area (Å²) in [6.07, 6.45) is -0.0446. The molecule has 1 amide bonds.